The standard InChI is InChI=1S/C31H32N2O7/c1-15-12-19(34)25-20(37-15)14-21-26(27(25)35)24-17-5-7-18(8-6-17)31(29(36)38-28(24)30(2,3)39-21)22(40-31)9-4-16-10-11-33-23(32)13-16/h5,7,10-14,17-18,22,24,28,35H,4,6,8-9H2,1-3H3,(H2,32,33). The molecule has 0 saturated carbocycles. The number of aromatic hydroxyl groups is 1. The molecule has 3 aromatic rings. The first kappa shape index (κ1) is 25.1. The molecule has 6 atom stereocenters. The van der Waals surface area contributed by atoms with E-state index in [9.17, 15) is 14.7 Å². The van der Waals surface area contributed by atoms with Crippen LogP contribution in [0, 0.1) is 18.8 Å². The Morgan fingerprint density at radius 2 is 1.98 bits per heavy atom. The lowest BCUT2D eigenvalue weighted by Gasteiger charge is -2.46. The predicted octanol–water partition coefficient (Wildman–Crippen LogP) is 4.32. The van der Waals surface area contributed by atoms with E-state index in [-0.39, 0.29) is 40.1 Å². The van der Waals surface area contributed by atoms with E-state index in [4.69, 9.17) is 24.4 Å². The van der Waals surface area contributed by atoms with E-state index in [0.717, 1.165) is 18.4 Å². The number of hydrogen-bond donors (Lipinski definition) is 2. The summed E-state index contributed by atoms with van der Waals surface area (Å²) in [5.41, 5.74) is 5.31. The van der Waals surface area contributed by atoms with Crippen LogP contribution < -0.4 is 15.9 Å². The number of nitrogens with two attached hydrogens (primary N) is 1. The zero-order chi connectivity index (χ0) is 28.0. The molecule has 1 spiro atoms. The largest absolute Gasteiger partial charge is 0.507 e. The van der Waals surface area contributed by atoms with Gasteiger partial charge < -0.3 is 29.5 Å². The minimum atomic E-state index is -1.06. The highest BCUT2D eigenvalue weighted by atomic mass is 16.7. The fourth-order valence-corrected chi connectivity index (χ4v) is 7.19. The van der Waals surface area contributed by atoms with Gasteiger partial charge >= 0.3 is 5.97 Å². The fraction of sp³-hybridized carbons (Fsp3) is 0.452. The lowest BCUT2D eigenvalue weighted by molar-refractivity contribution is -0.172. The first-order chi connectivity index (χ1) is 19.1. The summed E-state index contributed by atoms with van der Waals surface area (Å²) in [7, 11) is 0. The molecule has 3 N–H and O–H groups in total. The van der Waals surface area contributed by atoms with E-state index >= 15 is 0 Å². The summed E-state index contributed by atoms with van der Waals surface area (Å²) in [5, 5.41) is 11.6. The van der Waals surface area contributed by atoms with Gasteiger partial charge in [-0.3, -0.25) is 4.79 Å². The zero-order valence-electron chi connectivity index (χ0n) is 22.7. The molecule has 2 bridgehead atoms. The van der Waals surface area contributed by atoms with E-state index in [1.165, 1.54) is 6.07 Å². The number of rotatable bonds is 3. The van der Waals surface area contributed by atoms with Crippen molar-refractivity contribution < 1.29 is 28.5 Å². The normalized spacial score (nSPS) is 31.5. The second kappa shape index (κ2) is 8.57. The quantitative estimate of drug-likeness (QED) is 0.281. The smallest absolute Gasteiger partial charge is 0.342 e. The minimum Gasteiger partial charge on any atom is -0.507 e. The molecule has 1 aliphatic carbocycles. The van der Waals surface area contributed by atoms with Gasteiger partial charge in [0.15, 0.2) is 11.0 Å². The Bertz CT molecular complexity index is 1640. The highest BCUT2D eigenvalue weighted by Gasteiger charge is 2.69. The van der Waals surface area contributed by atoms with Crippen LogP contribution in [-0.4, -0.2) is 39.5 Å². The number of anilines is 1. The first-order valence-electron chi connectivity index (χ1n) is 13.9. The predicted molar refractivity (Wildman–Crippen MR) is 146 cm³/mol. The number of nitrogens with zero attached hydrogens (tertiary/aromatic N) is 1. The molecule has 2 aromatic heterocycles. The van der Waals surface area contributed by atoms with Gasteiger partial charge in [-0.15, -0.1) is 0 Å². The molecule has 9 nitrogen and oxygen atoms in total. The molecule has 2 fully saturated rings. The molecule has 6 heterocycles. The van der Waals surface area contributed by atoms with Gasteiger partial charge in [0, 0.05) is 35.7 Å². The third-order valence-electron chi connectivity index (χ3n) is 9.10. The minimum absolute atomic E-state index is 0.0380. The van der Waals surface area contributed by atoms with Crippen LogP contribution in [0.25, 0.3) is 11.0 Å². The average molecular weight is 545 g/mol. The van der Waals surface area contributed by atoms with Crippen LogP contribution in [0.3, 0.4) is 0 Å². The van der Waals surface area contributed by atoms with Crippen LogP contribution in [-0.2, 0) is 20.7 Å². The number of nitrogen functional groups attached to an aromatic ring is 1. The summed E-state index contributed by atoms with van der Waals surface area (Å²) >= 11 is 0. The monoisotopic (exact) mass is 544 g/mol. The molecule has 0 amide bonds. The number of benzene rings is 1. The number of fused-ring (bicyclic) bond motifs is 4. The summed E-state index contributed by atoms with van der Waals surface area (Å²) < 4.78 is 24.8. The number of esters is 1. The Hall–Kier alpha value is -3.85. The van der Waals surface area contributed by atoms with Crippen molar-refractivity contribution in [2.24, 2.45) is 11.8 Å². The highest BCUT2D eigenvalue weighted by molar-refractivity contribution is 5.88. The van der Waals surface area contributed by atoms with Crippen LogP contribution in [0.15, 0.2) is 51.8 Å². The Morgan fingerprint density at radius 3 is 2.73 bits per heavy atom. The lowest BCUT2D eigenvalue weighted by atomic mass is 9.69. The number of phenols is 1. The van der Waals surface area contributed by atoms with E-state index < -0.39 is 29.2 Å². The Morgan fingerprint density at radius 1 is 1.15 bits per heavy atom. The van der Waals surface area contributed by atoms with Gasteiger partial charge in [-0.2, -0.15) is 0 Å². The molecule has 8 rings (SSSR count). The average Bonchev–Trinajstić information content (AvgIpc) is 3.61. The number of carbonyl (C=O) groups excluding carboxylic acids is 1. The molecular formula is C31H32N2O7. The van der Waals surface area contributed by atoms with Crippen LogP contribution in [0.2, 0.25) is 0 Å². The molecule has 4 aliphatic heterocycles. The van der Waals surface area contributed by atoms with Crippen LogP contribution in [0.1, 0.15) is 55.9 Å². The van der Waals surface area contributed by atoms with Crippen molar-refractivity contribution in [1.29, 1.82) is 0 Å². The van der Waals surface area contributed by atoms with Crippen LogP contribution >= 0.6 is 0 Å². The van der Waals surface area contributed by atoms with Crippen LogP contribution in [0.4, 0.5) is 5.82 Å². The van der Waals surface area contributed by atoms with Gasteiger partial charge in [0.25, 0.3) is 0 Å². The van der Waals surface area contributed by atoms with E-state index in [1.807, 2.05) is 26.0 Å². The summed E-state index contributed by atoms with van der Waals surface area (Å²) in [6.07, 6.45) is 7.73. The Labute approximate surface area is 230 Å². The van der Waals surface area contributed by atoms with Gasteiger partial charge in [0.05, 0.1) is 6.10 Å². The number of hydrogen-bond acceptors (Lipinski definition) is 9. The molecule has 0 radical (unpaired) electrons. The molecule has 1 aromatic carbocycles. The molecule has 40 heavy (non-hydrogen) atoms. The maximum absolute atomic E-state index is 14.0. The van der Waals surface area contributed by atoms with Crippen molar-refractivity contribution in [2.45, 2.75) is 75.8 Å². The molecule has 2 saturated heterocycles. The Balaban J connectivity index is 1.28. The van der Waals surface area contributed by atoms with Gasteiger partial charge in [-0.1, -0.05) is 12.2 Å². The van der Waals surface area contributed by atoms with E-state index in [0.29, 0.717) is 35.7 Å². The maximum atomic E-state index is 14.0. The molecule has 9 heteroatoms. The van der Waals surface area contributed by atoms with Crippen molar-refractivity contribution in [3.05, 3.63) is 69.7 Å². The number of epoxide rings is 1. The van der Waals surface area contributed by atoms with Gasteiger partial charge in [-0.25, -0.2) is 9.78 Å². The number of phenolic OH excluding ortho intramolecular Hbond substituents is 1. The third kappa shape index (κ3) is 3.67. The lowest BCUT2D eigenvalue weighted by Crippen LogP contribution is -2.53. The third-order valence-corrected chi connectivity index (χ3v) is 9.10. The fourth-order valence-electron chi connectivity index (χ4n) is 7.19. The summed E-state index contributed by atoms with van der Waals surface area (Å²) in [6.45, 7) is 5.46. The molecule has 6 unspecified atom stereocenters. The van der Waals surface area contributed by atoms with Gasteiger partial charge in [0.1, 0.15) is 45.8 Å². The number of ether oxygens (including phenoxy) is 3. The SMILES string of the molecule is Cc1cc(=O)c2c(O)c3c(cc2o1)OC(C)(C)C1OC(=O)C2(OC2CCc2ccnc(N)c2)C2C=CC(CC2)C31. The number of aryl methyl sites for hydroxylation is 2. The maximum Gasteiger partial charge on any atom is 0.342 e. The van der Waals surface area contributed by atoms with Crippen molar-refractivity contribution >= 4 is 22.8 Å². The van der Waals surface area contributed by atoms with E-state index in [2.05, 4.69) is 17.1 Å². The molecule has 208 valence electrons. The van der Waals surface area contributed by atoms with Crippen molar-refractivity contribution in [3.63, 3.8) is 0 Å². The summed E-state index contributed by atoms with van der Waals surface area (Å²) in [6, 6.07) is 6.79. The van der Waals surface area contributed by atoms with Gasteiger partial charge in [0.2, 0.25) is 0 Å². The van der Waals surface area contributed by atoms with Crippen molar-refractivity contribution in [2.75, 3.05) is 5.73 Å². The Kier molecular flexibility index (Phi) is 5.39. The highest BCUT2D eigenvalue weighted by Crippen LogP contribution is 2.58. The molecular weight excluding hydrogens is 512 g/mol. The first-order valence-corrected chi connectivity index (χ1v) is 13.9. The van der Waals surface area contributed by atoms with Crippen molar-refractivity contribution in [1.82, 2.24) is 4.98 Å². The summed E-state index contributed by atoms with van der Waals surface area (Å²) in [4.78, 5) is 31.0. The second-order valence-corrected chi connectivity index (χ2v) is 12.0. The van der Waals surface area contributed by atoms with E-state index in [1.54, 1.807) is 19.2 Å². The topological polar surface area (TPSA) is 137 Å². The van der Waals surface area contributed by atoms with Crippen molar-refractivity contribution in [3.8, 4) is 11.5 Å². The zero-order valence-corrected chi connectivity index (χ0v) is 22.7. The number of aromatic nitrogens is 1. The molecule has 5 aliphatic rings. The number of carbonyl (C=O) groups is 1. The number of allylic oxidation sites excluding steroid dienone is 1. The number of pyridine rings is 1. The summed E-state index contributed by atoms with van der Waals surface area (Å²) in [5.74, 6) is 0.177. The van der Waals surface area contributed by atoms with Crippen LogP contribution in [0.5, 0.6) is 11.5 Å². The van der Waals surface area contributed by atoms with Gasteiger partial charge in [-0.05, 0) is 70.1 Å². The second-order valence-electron chi connectivity index (χ2n) is 12.0.